The van der Waals surface area contributed by atoms with E-state index < -0.39 is 18.3 Å². The number of alkyl halides is 4. The van der Waals surface area contributed by atoms with Gasteiger partial charge in [0.15, 0.2) is 0 Å². The molecule has 86 valence electrons. The summed E-state index contributed by atoms with van der Waals surface area (Å²) in [6, 6.07) is 0. The standard InChI is InChI=1S/C8H9F4NOS/c1-2-4-15-5-3-13-7(14)8(11,12)6(9)10/h1,6H,3-5H2,(H,13,14). The highest BCUT2D eigenvalue weighted by molar-refractivity contribution is 7.99. The maximum atomic E-state index is 12.3. The number of amides is 1. The molecule has 0 fully saturated rings. The van der Waals surface area contributed by atoms with Crippen LogP contribution in [0.25, 0.3) is 0 Å². The van der Waals surface area contributed by atoms with E-state index in [4.69, 9.17) is 6.42 Å². The Labute approximate surface area is 88.8 Å². The van der Waals surface area contributed by atoms with Crippen molar-refractivity contribution in [1.82, 2.24) is 5.32 Å². The van der Waals surface area contributed by atoms with Crippen molar-refractivity contribution in [2.45, 2.75) is 12.3 Å². The Morgan fingerprint density at radius 3 is 2.60 bits per heavy atom. The zero-order chi connectivity index (χ0) is 11.9. The SMILES string of the molecule is C#CCSCCNC(=O)C(F)(F)C(F)F. The minimum Gasteiger partial charge on any atom is -0.350 e. The van der Waals surface area contributed by atoms with E-state index in [2.05, 4.69) is 5.92 Å². The third-order valence-electron chi connectivity index (χ3n) is 1.29. The van der Waals surface area contributed by atoms with Gasteiger partial charge in [0.05, 0.1) is 5.75 Å². The molecule has 0 aromatic rings. The number of hydrogen-bond donors (Lipinski definition) is 1. The molecule has 0 aromatic heterocycles. The summed E-state index contributed by atoms with van der Waals surface area (Å²) in [7, 11) is 0. The molecular formula is C8H9F4NOS. The number of halogens is 4. The second-order valence-corrected chi connectivity index (χ2v) is 3.54. The first kappa shape index (κ1) is 14.1. The lowest BCUT2D eigenvalue weighted by Crippen LogP contribution is -2.45. The van der Waals surface area contributed by atoms with Gasteiger partial charge in [-0.2, -0.15) is 8.78 Å². The topological polar surface area (TPSA) is 29.1 Å². The molecule has 0 saturated heterocycles. The van der Waals surface area contributed by atoms with Crippen molar-refractivity contribution in [2.24, 2.45) is 0 Å². The van der Waals surface area contributed by atoms with Crippen LogP contribution in [0.1, 0.15) is 0 Å². The maximum absolute atomic E-state index is 12.3. The van der Waals surface area contributed by atoms with Gasteiger partial charge in [-0.05, 0) is 0 Å². The molecule has 1 N–H and O–H groups in total. The lowest BCUT2D eigenvalue weighted by Gasteiger charge is -2.14. The van der Waals surface area contributed by atoms with Crippen molar-refractivity contribution in [1.29, 1.82) is 0 Å². The first-order valence-electron chi connectivity index (χ1n) is 3.88. The van der Waals surface area contributed by atoms with Gasteiger partial charge < -0.3 is 5.32 Å². The predicted octanol–water partition coefficient (Wildman–Crippen LogP) is 1.37. The lowest BCUT2D eigenvalue weighted by molar-refractivity contribution is -0.169. The van der Waals surface area contributed by atoms with E-state index in [0.29, 0.717) is 11.5 Å². The zero-order valence-corrected chi connectivity index (χ0v) is 8.42. The summed E-state index contributed by atoms with van der Waals surface area (Å²) >= 11 is 1.23. The molecule has 7 heteroatoms. The zero-order valence-electron chi connectivity index (χ0n) is 7.60. The Morgan fingerprint density at radius 2 is 2.13 bits per heavy atom. The third kappa shape index (κ3) is 4.93. The first-order chi connectivity index (χ1) is 6.92. The van der Waals surface area contributed by atoms with Crippen LogP contribution >= 0.6 is 11.8 Å². The maximum Gasteiger partial charge on any atom is 0.383 e. The molecule has 0 atom stereocenters. The molecule has 0 spiro atoms. The molecule has 2 nitrogen and oxygen atoms in total. The third-order valence-corrected chi connectivity index (χ3v) is 2.16. The highest BCUT2D eigenvalue weighted by Gasteiger charge is 2.48. The van der Waals surface area contributed by atoms with E-state index >= 15 is 0 Å². The molecule has 0 bridgehead atoms. The first-order valence-corrected chi connectivity index (χ1v) is 5.04. The van der Waals surface area contributed by atoms with Crippen LogP contribution in [0, 0.1) is 12.3 Å². The molecule has 15 heavy (non-hydrogen) atoms. The lowest BCUT2D eigenvalue weighted by atomic mass is 10.3. The van der Waals surface area contributed by atoms with E-state index in [1.54, 1.807) is 5.32 Å². The number of hydrogen-bond acceptors (Lipinski definition) is 2. The molecule has 1 amide bonds. The summed E-state index contributed by atoms with van der Waals surface area (Å²) in [4.78, 5) is 10.5. The van der Waals surface area contributed by atoms with E-state index in [1.807, 2.05) is 0 Å². The highest BCUT2D eigenvalue weighted by atomic mass is 32.2. The molecule has 0 unspecified atom stereocenters. The number of terminal acetylenes is 1. The molecular weight excluding hydrogens is 234 g/mol. The average Bonchev–Trinajstić information content (AvgIpc) is 2.16. The minimum absolute atomic E-state index is 0.118. The number of thioether (sulfide) groups is 1. The van der Waals surface area contributed by atoms with Gasteiger partial charge in [-0.25, -0.2) is 8.78 Å². The van der Waals surface area contributed by atoms with Crippen molar-refractivity contribution in [2.75, 3.05) is 18.1 Å². The summed E-state index contributed by atoms with van der Waals surface area (Å²) in [6.07, 6.45) is 0.912. The smallest absolute Gasteiger partial charge is 0.350 e. The molecule has 0 aromatic carbocycles. The highest BCUT2D eigenvalue weighted by Crippen LogP contribution is 2.22. The van der Waals surface area contributed by atoms with Gasteiger partial charge in [-0.1, -0.05) is 5.92 Å². The monoisotopic (exact) mass is 243 g/mol. The Bertz CT molecular complexity index is 252. The van der Waals surface area contributed by atoms with Crippen molar-refractivity contribution in [3.05, 3.63) is 0 Å². The van der Waals surface area contributed by atoms with Crippen molar-refractivity contribution in [3.63, 3.8) is 0 Å². The van der Waals surface area contributed by atoms with Gasteiger partial charge in [-0.3, -0.25) is 4.79 Å². The molecule has 0 rings (SSSR count). The largest absolute Gasteiger partial charge is 0.383 e. The van der Waals surface area contributed by atoms with Crippen LogP contribution in [0.2, 0.25) is 0 Å². The quantitative estimate of drug-likeness (QED) is 0.433. The van der Waals surface area contributed by atoms with Crippen molar-refractivity contribution in [3.8, 4) is 12.3 Å². The van der Waals surface area contributed by atoms with Crippen LogP contribution in [0.3, 0.4) is 0 Å². The van der Waals surface area contributed by atoms with Gasteiger partial charge >= 0.3 is 12.3 Å². The van der Waals surface area contributed by atoms with Crippen LogP contribution in [-0.2, 0) is 4.79 Å². The molecule has 0 aliphatic heterocycles. The van der Waals surface area contributed by atoms with Crippen LogP contribution < -0.4 is 5.32 Å². The van der Waals surface area contributed by atoms with Crippen LogP contribution in [0.5, 0.6) is 0 Å². The molecule has 0 heterocycles. The van der Waals surface area contributed by atoms with E-state index in [1.165, 1.54) is 11.8 Å². The van der Waals surface area contributed by atoms with E-state index in [9.17, 15) is 22.4 Å². The second-order valence-electron chi connectivity index (χ2n) is 2.44. The fourth-order valence-corrected chi connectivity index (χ4v) is 1.09. The molecule has 0 saturated carbocycles. The summed E-state index contributed by atoms with van der Waals surface area (Å²) in [5.74, 6) is -3.62. The summed E-state index contributed by atoms with van der Waals surface area (Å²) in [6.45, 7) is -0.118. The number of rotatable bonds is 6. The number of carbonyl (C=O) groups is 1. The van der Waals surface area contributed by atoms with Crippen molar-refractivity contribution >= 4 is 17.7 Å². The van der Waals surface area contributed by atoms with Gasteiger partial charge in [-0.15, -0.1) is 18.2 Å². The Kier molecular flexibility index (Phi) is 6.17. The molecule has 0 aliphatic carbocycles. The molecule has 0 aliphatic rings. The van der Waals surface area contributed by atoms with Crippen LogP contribution in [0.4, 0.5) is 17.6 Å². The predicted molar refractivity (Wildman–Crippen MR) is 50.1 cm³/mol. The Hall–Kier alpha value is -0.900. The summed E-state index contributed by atoms with van der Waals surface area (Å²) in [5, 5.41) is 1.70. The average molecular weight is 243 g/mol. The van der Waals surface area contributed by atoms with Gasteiger partial charge in [0.1, 0.15) is 0 Å². The van der Waals surface area contributed by atoms with Crippen LogP contribution in [-0.4, -0.2) is 36.3 Å². The number of nitrogens with one attached hydrogen (secondary N) is 1. The van der Waals surface area contributed by atoms with Gasteiger partial charge in [0, 0.05) is 12.3 Å². The van der Waals surface area contributed by atoms with Crippen LogP contribution in [0.15, 0.2) is 0 Å². The second kappa shape index (κ2) is 6.56. The summed E-state index contributed by atoms with van der Waals surface area (Å²) in [5.41, 5.74) is 0. The van der Waals surface area contributed by atoms with E-state index in [-0.39, 0.29) is 6.54 Å². The molecule has 0 radical (unpaired) electrons. The van der Waals surface area contributed by atoms with E-state index in [0.717, 1.165) is 0 Å². The number of carbonyl (C=O) groups excluding carboxylic acids is 1. The van der Waals surface area contributed by atoms with Crippen molar-refractivity contribution < 1.29 is 22.4 Å². The summed E-state index contributed by atoms with van der Waals surface area (Å²) < 4.78 is 47.9. The Balaban J connectivity index is 3.80. The van der Waals surface area contributed by atoms with Gasteiger partial charge in [0.2, 0.25) is 0 Å². The minimum atomic E-state index is -4.63. The normalized spacial score (nSPS) is 11.2. The van der Waals surface area contributed by atoms with Gasteiger partial charge in [0.25, 0.3) is 5.91 Å². The fraction of sp³-hybridized carbons (Fsp3) is 0.625. The Morgan fingerprint density at radius 1 is 1.53 bits per heavy atom. The fourth-order valence-electron chi connectivity index (χ4n) is 0.585.